The molecule has 1 N–H and O–H groups in total. The Morgan fingerprint density at radius 2 is 1.84 bits per heavy atom. The van der Waals surface area contributed by atoms with Crippen molar-refractivity contribution in [2.24, 2.45) is 0 Å². The van der Waals surface area contributed by atoms with Crippen molar-refractivity contribution in [3.8, 4) is 16.9 Å². The third kappa shape index (κ3) is 3.75. The van der Waals surface area contributed by atoms with E-state index in [0.29, 0.717) is 10.7 Å². The third-order valence-corrected chi connectivity index (χ3v) is 6.17. The van der Waals surface area contributed by atoms with Gasteiger partial charge in [-0.3, -0.25) is 14.9 Å². The van der Waals surface area contributed by atoms with Gasteiger partial charge in [0.2, 0.25) is 5.91 Å². The molecule has 0 fully saturated rings. The Hall–Kier alpha value is -3.71. The predicted octanol–water partition coefficient (Wildman–Crippen LogP) is 4.76. The number of carbonyl (C=O) groups is 2. The first-order valence-electron chi connectivity index (χ1n) is 10.0. The Labute approximate surface area is 183 Å². The lowest BCUT2D eigenvalue weighted by Gasteiger charge is -2.15. The smallest absolute Gasteiger partial charge is 0.257 e. The number of aromatic nitrogens is 2. The van der Waals surface area contributed by atoms with Crippen molar-refractivity contribution in [1.82, 2.24) is 9.55 Å². The van der Waals surface area contributed by atoms with Gasteiger partial charge in [-0.25, -0.2) is 4.98 Å². The van der Waals surface area contributed by atoms with Crippen LogP contribution in [0.15, 0.2) is 72.4 Å². The van der Waals surface area contributed by atoms with Crippen molar-refractivity contribution in [3.63, 3.8) is 0 Å². The second-order valence-corrected chi connectivity index (χ2v) is 8.25. The summed E-state index contributed by atoms with van der Waals surface area (Å²) in [6.07, 6.45) is 4.79. The average molecular weight is 429 g/mol. The third-order valence-electron chi connectivity index (χ3n) is 5.41. The molecule has 31 heavy (non-hydrogen) atoms. The summed E-state index contributed by atoms with van der Waals surface area (Å²) in [6.45, 7) is 2.30. The zero-order chi connectivity index (χ0) is 21.4. The lowest BCUT2D eigenvalue weighted by molar-refractivity contribution is -0.116. The van der Waals surface area contributed by atoms with E-state index in [9.17, 15) is 9.59 Å². The maximum Gasteiger partial charge on any atom is 0.257 e. The van der Waals surface area contributed by atoms with E-state index < -0.39 is 0 Å². The molecule has 2 aromatic heterocycles. The fourth-order valence-electron chi connectivity index (χ4n) is 3.79. The second kappa shape index (κ2) is 7.85. The number of thiazole rings is 1. The summed E-state index contributed by atoms with van der Waals surface area (Å²) in [4.78, 5) is 30.9. The van der Waals surface area contributed by atoms with Crippen LogP contribution in [0.3, 0.4) is 0 Å². The van der Waals surface area contributed by atoms with E-state index in [2.05, 4.69) is 16.4 Å². The van der Waals surface area contributed by atoms with Gasteiger partial charge in [-0.1, -0.05) is 12.1 Å². The number of rotatable bonds is 4. The molecule has 1 aliphatic rings. The molecule has 6 nitrogen and oxygen atoms in total. The summed E-state index contributed by atoms with van der Waals surface area (Å²) < 4.78 is 1.98. The predicted molar refractivity (Wildman–Crippen MR) is 123 cm³/mol. The second-order valence-electron chi connectivity index (χ2n) is 7.39. The quantitative estimate of drug-likeness (QED) is 0.510. The first-order chi connectivity index (χ1) is 15.1. The van der Waals surface area contributed by atoms with Crippen LogP contribution in [0.1, 0.15) is 22.8 Å². The summed E-state index contributed by atoms with van der Waals surface area (Å²) in [5, 5.41) is 5.34. The Bertz CT molecular complexity index is 1260. The number of benzene rings is 2. The fourth-order valence-corrected chi connectivity index (χ4v) is 4.50. The minimum Gasteiger partial charge on any atom is -0.324 e. The Balaban J connectivity index is 1.32. The van der Waals surface area contributed by atoms with Gasteiger partial charge >= 0.3 is 0 Å². The van der Waals surface area contributed by atoms with Crippen LogP contribution in [-0.2, 0) is 11.2 Å². The van der Waals surface area contributed by atoms with Crippen molar-refractivity contribution in [2.75, 3.05) is 16.8 Å². The number of nitrogens with zero attached hydrogens (tertiary/aromatic N) is 3. The van der Waals surface area contributed by atoms with Crippen LogP contribution >= 0.6 is 11.3 Å². The van der Waals surface area contributed by atoms with E-state index >= 15 is 0 Å². The zero-order valence-corrected chi connectivity index (χ0v) is 17.7. The van der Waals surface area contributed by atoms with Crippen molar-refractivity contribution in [2.45, 2.75) is 13.3 Å². The zero-order valence-electron chi connectivity index (χ0n) is 16.9. The highest BCUT2D eigenvalue weighted by atomic mass is 32.1. The van der Waals surface area contributed by atoms with Crippen LogP contribution in [0, 0.1) is 0 Å². The maximum atomic E-state index is 12.6. The van der Waals surface area contributed by atoms with Gasteiger partial charge in [0.15, 0.2) is 5.13 Å². The van der Waals surface area contributed by atoms with E-state index in [1.54, 1.807) is 24.0 Å². The normalized spacial score (nSPS) is 12.6. The van der Waals surface area contributed by atoms with Gasteiger partial charge in [0.25, 0.3) is 5.91 Å². The average Bonchev–Trinajstić information content (AvgIpc) is 3.53. The molecule has 7 heteroatoms. The molecule has 154 valence electrons. The molecular formula is C24H20N4O2S. The van der Waals surface area contributed by atoms with Crippen molar-refractivity contribution < 1.29 is 9.59 Å². The van der Waals surface area contributed by atoms with Gasteiger partial charge in [0.1, 0.15) is 0 Å². The van der Waals surface area contributed by atoms with Gasteiger partial charge in [-0.05, 0) is 54.4 Å². The van der Waals surface area contributed by atoms with Gasteiger partial charge in [0, 0.05) is 53.7 Å². The van der Waals surface area contributed by atoms with Gasteiger partial charge < -0.3 is 9.47 Å². The summed E-state index contributed by atoms with van der Waals surface area (Å²) in [6, 6.07) is 17.4. The maximum absolute atomic E-state index is 12.6. The first kappa shape index (κ1) is 19.3. The van der Waals surface area contributed by atoms with Crippen molar-refractivity contribution in [1.29, 1.82) is 0 Å². The molecule has 4 aromatic rings. The van der Waals surface area contributed by atoms with Crippen molar-refractivity contribution in [3.05, 3.63) is 83.5 Å². The van der Waals surface area contributed by atoms with E-state index in [1.165, 1.54) is 16.9 Å². The highest BCUT2D eigenvalue weighted by Gasteiger charge is 2.23. The molecule has 0 unspecified atom stereocenters. The Kier molecular flexibility index (Phi) is 4.88. The van der Waals surface area contributed by atoms with E-state index in [0.717, 1.165) is 35.6 Å². The molecule has 0 aliphatic carbocycles. The Morgan fingerprint density at radius 1 is 1.06 bits per heavy atom. The molecule has 0 atom stereocenters. The number of anilines is 2. The minimum atomic E-state index is -0.198. The lowest BCUT2D eigenvalue weighted by Crippen LogP contribution is -2.25. The van der Waals surface area contributed by atoms with Crippen molar-refractivity contribution >= 4 is 34.0 Å². The molecule has 3 heterocycles. The van der Waals surface area contributed by atoms with Crippen LogP contribution in [0.2, 0.25) is 0 Å². The summed E-state index contributed by atoms with van der Waals surface area (Å²) >= 11 is 1.38. The van der Waals surface area contributed by atoms with Gasteiger partial charge in [-0.15, -0.1) is 11.3 Å². The molecule has 0 saturated carbocycles. The largest absolute Gasteiger partial charge is 0.324 e. The summed E-state index contributed by atoms with van der Waals surface area (Å²) in [5.41, 5.74) is 5.40. The molecule has 0 bridgehead atoms. The van der Waals surface area contributed by atoms with E-state index in [4.69, 9.17) is 0 Å². The number of amides is 2. The molecule has 2 aromatic carbocycles. The highest BCUT2D eigenvalue weighted by Crippen LogP contribution is 2.34. The van der Waals surface area contributed by atoms with Gasteiger partial charge in [-0.2, -0.15) is 0 Å². The highest BCUT2D eigenvalue weighted by molar-refractivity contribution is 7.14. The molecule has 1 aliphatic heterocycles. The van der Waals surface area contributed by atoms with Crippen LogP contribution in [0.4, 0.5) is 10.8 Å². The number of hydrogen-bond donors (Lipinski definition) is 1. The van der Waals surface area contributed by atoms with Crippen LogP contribution in [0.25, 0.3) is 16.9 Å². The monoisotopic (exact) mass is 428 g/mol. The number of hydrogen-bond acceptors (Lipinski definition) is 4. The number of carbonyl (C=O) groups excluding carboxylic acids is 2. The molecule has 2 amide bonds. The number of fused-ring (bicyclic) bond motifs is 1. The SMILES string of the molecule is CC(=O)N1CCc2ccc(-c3csc(NC(=O)c4ccc(-n5cccc5)cc4)n3)cc21. The first-order valence-corrected chi connectivity index (χ1v) is 10.9. The minimum absolute atomic E-state index is 0.0462. The van der Waals surface area contributed by atoms with E-state index in [-0.39, 0.29) is 11.8 Å². The van der Waals surface area contributed by atoms with E-state index in [1.807, 2.05) is 58.7 Å². The van der Waals surface area contributed by atoms with Crippen LogP contribution in [0.5, 0.6) is 0 Å². The molecule has 0 radical (unpaired) electrons. The number of nitrogens with one attached hydrogen (secondary N) is 1. The standard InChI is InChI=1S/C24H20N4O2S/c1-16(29)28-13-10-17-4-5-19(14-22(17)28)21-15-31-24(25-21)26-23(30)18-6-8-20(9-7-18)27-11-2-3-12-27/h2-9,11-12,14-15H,10,13H2,1H3,(H,25,26,30). The summed E-state index contributed by atoms with van der Waals surface area (Å²) in [5.74, 6) is -0.151. The molecule has 0 spiro atoms. The molecule has 5 rings (SSSR count). The van der Waals surface area contributed by atoms with Crippen LogP contribution < -0.4 is 10.2 Å². The molecular weight excluding hydrogens is 408 g/mol. The molecule has 0 saturated heterocycles. The lowest BCUT2D eigenvalue weighted by atomic mass is 10.1. The topological polar surface area (TPSA) is 67.2 Å². The summed E-state index contributed by atoms with van der Waals surface area (Å²) in [7, 11) is 0. The fraction of sp³-hybridized carbons (Fsp3) is 0.125. The van der Waals surface area contributed by atoms with Gasteiger partial charge in [0.05, 0.1) is 5.69 Å². The van der Waals surface area contributed by atoms with Crippen LogP contribution in [-0.4, -0.2) is 27.9 Å². The Morgan fingerprint density at radius 3 is 2.58 bits per heavy atom.